The van der Waals surface area contributed by atoms with Gasteiger partial charge in [-0.2, -0.15) is 4.98 Å². The normalized spacial score (nSPS) is 11.4. The number of fused-ring (bicyclic) bond motifs is 3. The lowest BCUT2D eigenvalue weighted by atomic mass is 10.2. The quantitative estimate of drug-likeness (QED) is 0.690. The number of nitrogens with two attached hydrogens (primary N) is 1. The Bertz CT molecular complexity index is 742. The van der Waals surface area contributed by atoms with Gasteiger partial charge in [-0.15, -0.1) is 0 Å². The molecular formula is C12H11N3O2. The van der Waals surface area contributed by atoms with Gasteiger partial charge in [-0.3, -0.25) is 0 Å². The molecule has 17 heavy (non-hydrogen) atoms. The van der Waals surface area contributed by atoms with Gasteiger partial charge in [-0.05, 0) is 18.7 Å². The van der Waals surface area contributed by atoms with E-state index in [4.69, 9.17) is 10.2 Å². The van der Waals surface area contributed by atoms with Crippen LogP contribution in [0.15, 0.2) is 33.5 Å². The van der Waals surface area contributed by atoms with Crippen molar-refractivity contribution in [3.63, 3.8) is 0 Å². The molecule has 2 aromatic heterocycles. The number of H-pyrrole nitrogens is 1. The van der Waals surface area contributed by atoms with Crippen LogP contribution in [0.1, 0.15) is 5.69 Å². The molecule has 0 aliphatic carbocycles. The van der Waals surface area contributed by atoms with Crippen molar-refractivity contribution in [2.45, 2.75) is 6.42 Å². The highest BCUT2D eigenvalue weighted by molar-refractivity contribution is 6.02. The summed E-state index contributed by atoms with van der Waals surface area (Å²) in [4.78, 5) is 18.1. The SMILES string of the molecule is NCCc1[nH]c(=O)nc2c1oc1ccccc12. The first-order chi connectivity index (χ1) is 8.29. The maximum atomic E-state index is 11.5. The summed E-state index contributed by atoms with van der Waals surface area (Å²) in [5.74, 6) is 0. The van der Waals surface area contributed by atoms with E-state index in [1.807, 2.05) is 24.3 Å². The number of rotatable bonds is 2. The Morgan fingerprint density at radius 3 is 3.00 bits per heavy atom. The van der Waals surface area contributed by atoms with Gasteiger partial charge in [0.25, 0.3) is 0 Å². The minimum atomic E-state index is -0.368. The molecular weight excluding hydrogens is 218 g/mol. The summed E-state index contributed by atoms with van der Waals surface area (Å²) in [6.45, 7) is 0.450. The molecule has 0 fully saturated rings. The lowest BCUT2D eigenvalue weighted by Crippen LogP contribution is -2.15. The first-order valence-electron chi connectivity index (χ1n) is 5.40. The van der Waals surface area contributed by atoms with Crippen LogP contribution in [0, 0.1) is 0 Å². The standard InChI is InChI=1S/C12H11N3O2/c13-6-5-8-11-10(15-12(16)14-8)7-3-1-2-4-9(7)17-11/h1-4H,5-6,13H2,(H,14,15,16). The van der Waals surface area contributed by atoms with E-state index < -0.39 is 0 Å². The van der Waals surface area contributed by atoms with Gasteiger partial charge in [0.1, 0.15) is 11.1 Å². The van der Waals surface area contributed by atoms with E-state index in [1.165, 1.54) is 0 Å². The van der Waals surface area contributed by atoms with Crippen LogP contribution in [0.4, 0.5) is 0 Å². The molecule has 5 nitrogen and oxygen atoms in total. The minimum Gasteiger partial charge on any atom is -0.453 e. The van der Waals surface area contributed by atoms with Gasteiger partial charge in [-0.25, -0.2) is 4.79 Å². The highest BCUT2D eigenvalue weighted by atomic mass is 16.3. The highest BCUT2D eigenvalue weighted by Crippen LogP contribution is 2.27. The van der Waals surface area contributed by atoms with Gasteiger partial charge >= 0.3 is 5.69 Å². The molecule has 3 aromatic rings. The summed E-state index contributed by atoms with van der Waals surface area (Å²) in [5, 5.41) is 0.854. The summed E-state index contributed by atoms with van der Waals surface area (Å²) in [5.41, 5.74) is 7.81. The van der Waals surface area contributed by atoms with E-state index in [0.717, 1.165) is 11.0 Å². The highest BCUT2D eigenvalue weighted by Gasteiger charge is 2.12. The third-order valence-electron chi connectivity index (χ3n) is 2.71. The zero-order chi connectivity index (χ0) is 11.8. The maximum absolute atomic E-state index is 11.5. The number of hydrogen-bond donors (Lipinski definition) is 2. The number of aromatic amines is 1. The molecule has 0 saturated carbocycles. The van der Waals surface area contributed by atoms with Gasteiger partial charge < -0.3 is 15.1 Å². The lowest BCUT2D eigenvalue weighted by Gasteiger charge is -1.97. The zero-order valence-electron chi connectivity index (χ0n) is 9.06. The average Bonchev–Trinajstić information content (AvgIpc) is 2.69. The van der Waals surface area contributed by atoms with Crippen molar-refractivity contribution in [3.8, 4) is 0 Å². The molecule has 0 aliphatic heterocycles. The molecule has 0 atom stereocenters. The Labute approximate surface area is 96.3 Å². The molecule has 0 unspecified atom stereocenters. The molecule has 0 saturated heterocycles. The average molecular weight is 229 g/mol. The Morgan fingerprint density at radius 2 is 2.18 bits per heavy atom. The van der Waals surface area contributed by atoms with Crippen molar-refractivity contribution in [1.82, 2.24) is 9.97 Å². The van der Waals surface area contributed by atoms with Crippen molar-refractivity contribution in [3.05, 3.63) is 40.4 Å². The molecule has 1 aromatic carbocycles. The predicted octanol–water partition coefficient (Wildman–Crippen LogP) is 1.17. The Morgan fingerprint density at radius 1 is 1.35 bits per heavy atom. The minimum absolute atomic E-state index is 0.368. The van der Waals surface area contributed by atoms with Gasteiger partial charge in [0.15, 0.2) is 5.58 Å². The van der Waals surface area contributed by atoms with Crippen molar-refractivity contribution in [1.29, 1.82) is 0 Å². The maximum Gasteiger partial charge on any atom is 0.345 e. The van der Waals surface area contributed by atoms with Crippen molar-refractivity contribution >= 4 is 22.1 Å². The van der Waals surface area contributed by atoms with E-state index in [-0.39, 0.29) is 5.69 Å². The smallest absolute Gasteiger partial charge is 0.345 e. The second-order valence-electron chi connectivity index (χ2n) is 3.84. The van der Waals surface area contributed by atoms with Crippen molar-refractivity contribution < 1.29 is 4.42 Å². The monoisotopic (exact) mass is 229 g/mol. The Hall–Kier alpha value is -2.14. The van der Waals surface area contributed by atoms with E-state index >= 15 is 0 Å². The topological polar surface area (TPSA) is 84.9 Å². The van der Waals surface area contributed by atoms with E-state index in [1.54, 1.807) is 0 Å². The van der Waals surface area contributed by atoms with Crippen LogP contribution in [0.2, 0.25) is 0 Å². The van der Waals surface area contributed by atoms with Crippen LogP contribution in [0.5, 0.6) is 0 Å². The second kappa shape index (κ2) is 3.71. The third-order valence-corrected chi connectivity index (χ3v) is 2.71. The third kappa shape index (κ3) is 1.52. The summed E-state index contributed by atoms with van der Waals surface area (Å²) in [6, 6.07) is 7.52. The summed E-state index contributed by atoms with van der Waals surface area (Å²) in [7, 11) is 0. The molecule has 86 valence electrons. The summed E-state index contributed by atoms with van der Waals surface area (Å²) in [6.07, 6.45) is 0.564. The Kier molecular flexibility index (Phi) is 2.19. The van der Waals surface area contributed by atoms with Crippen LogP contribution in [0.3, 0.4) is 0 Å². The summed E-state index contributed by atoms with van der Waals surface area (Å²) >= 11 is 0. The molecule has 0 spiro atoms. The fourth-order valence-corrected chi connectivity index (χ4v) is 1.98. The first-order valence-corrected chi connectivity index (χ1v) is 5.40. The van der Waals surface area contributed by atoms with Crippen LogP contribution >= 0.6 is 0 Å². The van der Waals surface area contributed by atoms with Crippen LogP contribution in [-0.4, -0.2) is 16.5 Å². The number of nitrogens with one attached hydrogen (secondary N) is 1. The second-order valence-corrected chi connectivity index (χ2v) is 3.84. The first kappa shape index (κ1) is 10.0. The van der Waals surface area contributed by atoms with E-state index in [0.29, 0.717) is 29.8 Å². The van der Waals surface area contributed by atoms with E-state index in [9.17, 15) is 4.79 Å². The number of benzene rings is 1. The van der Waals surface area contributed by atoms with Gasteiger partial charge in [0, 0.05) is 11.8 Å². The van der Waals surface area contributed by atoms with Crippen LogP contribution in [0.25, 0.3) is 22.1 Å². The lowest BCUT2D eigenvalue weighted by molar-refractivity contribution is 0.655. The molecule has 3 rings (SSSR count). The number of aromatic nitrogens is 2. The van der Waals surface area contributed by atoms with Crippen molar-refractivity contribution in [2.75, 3.05) is 6.54 Å². The van der Waals surface area contributed by atoms with Crippen molar-refractivity contribution in [2.24, 2.45) is 5.73 Å². The summed E-state index contributed by atoms with van der Waals surface area (Å²) < 4.78 is 5.70. The largest absolute Gasteiger partial charge is 0.453 e. The fourth-order valence-electron chi connectivity index (χ4n) is 1.98. The molecule has 0 radical (unpaired) electrons. The molecule has 5 heteroatoms. The van der Waals surface area contributed by atoms with E-state index in [2.05, 4.69) is 9.97 Å². The number of furan rings is 1. The predicted molar refractivity (Wildman–Crippen MR) is 64.9 cm³/mol. The van der Waals surface area contributed by atoms with Crippen LogP contribution in [-0.2, 0) is 6.42 Å². The molecule has 0 amide bonds. The zero-order valence-corrected chi connectivity index (χ0v) is 9.06. The molecule has 0 bridgehead atoms. The number of nitrogens with zero attached hydrogens (tertiary/aromatic N) is 1. The molecule has 3 N–H and O–H groups in total. The van der Waals surface area contributed by atoms with Gasteiger partial charge in [0.05, 0.1) is 5.69 Å². The Balaban J connectivity index is 2.46. The molecule has 0 aliphatic rings. The molecule has 2 heterocycles. The number of para-hydroxylation sites is 1. The number of hydrogen-bond acceptors (Lipinski definition) is 4. The van der Waals surface area contributed by atoms with Gasteiger partial charge in [-0.1, -0.05) is 12.1 Å². The fraction of sp³-hybridized carbons (Fsp3) is 0.167. The van der Waals surface area contributed by atoms with Gasteiger partial charge in [0.2, 0.25) is 0 Å². The van der Waals surface area contributed by atoms with Crippen LogP contribution < -0.4 is 11.4 Å².